The van der Waals surface area contributed by atoms with Gasteiger partial charge in [0.2, 0.25) is 0 Å². The van der Waals surface area contributed by atoms with Gasteiger partial charge in [-0.2, -0.15) is 0 Å². The predicted octanol–water partition coefficient (Wildman–Crippen LogP) is 3.14. The van der Waals surface area contributed by atoms with Gasteiger partial charge < -0.3 is 9.64 Å². The number of fused-ring (bicyclic) bond motifs is 2. The van der Waals surface area contributed by atoms with Crippen molar-refractivity contribution in [2.75, 3.05) is 0 Å². The molecule has 2 saturated heterocycles. The fraction of sp³-hybridized carbons (Fsp3) is 0.875. The quantitative estimate of drug-likeness (QED) is 0.740. The maximum Gasteiger partial charge on any atom is 0.410 e. The van der Waals surface area contributed by atoms with Crippen LogP contribution in [0.2, 0.25) is 0 Å². The number of carbonyl (C=O) groups excluding carboxylic acids is 2. The van der Waals surface area contributed by atoms with Crippen molar-refractivity contribution in [3.8, 4) is 0 Å². The number of nitrogens with zero attached hydrogens (tertiary/aromatic N) is 1. The van der Waals surface area contributed by atoms with Crippen molar-refractivity contribution in [2.24, 2.45) is 11.8 Å². The zero-order valence-corrected chi connectivity index (χ0v) is 12.7. The fourth-order valence-electron chi connectivity index (χ4n) is 4.09. The highest BCUT2D eigenvalue weighted by Crippen LogP contribution is 2.45. The van der Waals surface area contributed by atoms with Gasteiger partial charge in [-0.15, -0.1) is 0 Å². The van der Waals surface area contributed by atoms with Crippen LogP contribution in [0, 0.1) is 11.8 Å². The molecule has 0 spiro atoms. The van der Waals surface area contributed by atoms with Crippen LogP contribution >= 0.6 is 0 Å². The SMILES string of the molecule is CC(C)(C)OC(=O)N1C2CCC1CC(C1CCC1=O)C2. The number of amides is 1. The third-order valence-corrected chi connectivity index (χ3v) is 5.06. The number of hydrogen-bond donors (Lipinski definition) is 0. The molecule has 2 aliphatic heterocycles. The van der Waals surface area contributed by atoms with E-state index in [2.05, 4.69) is 0 Å². The lowest BCUT2D eigenvalue weighted by molar-refractivity contribution is -0.132. The molecule has 1 amide bonds. The van der Waals surface area contributed by atoms with Gasteiger partial charge in [0.05, 0.1) is 0 Å². The molecule has 3 atom stereocenters. The number of carbonyl (C=O) groups is 2. The number of Topliss-reactive ketones (excluding diaryl/α,β-unsaturated/α-hetero) is 1. The summed E-state index contributed by atoms with van der Waals surface area (Å²) < 4.78 is 5.54. The summed E-state index contributed by atoms with van der Waals surface area (Å²) in [7, 11) is 0. The van der Waals surface area contributed by atoms with Gasteiger partial charge in [0.25, 0.3) is 0 Å². The Hall–Kier alpha value is -1.06. The molecule has 3 rings (SSSR count). The van der Waals surface area contributed by atoms with E-state index in [1.54, 1.807) is 0 Å². The van der Waals surface area contributed by atoms with Crippen molar-refractivity contribution in [3.63, 3.8) is 0 Å². The lowest BCUT2D eigenvalue weighted by Gasteiger charge is -2.43. The summed E-state index contributed by atoms with van der Waals surface area (Å²) in [4.78, 5) is 26.0. The number of rotatable bonds is 1. The Balaban J connectivity index is 1.66. The minimum atomic E-state index is -0.433. The summed E-state index contributed by atoms with van der Waals surface area (Å²) in [6.07, 6.45) is 5.80. The highest BCUT2D eigenvalue weighted by Gasteiger charge is 2.48. The fourth-order valence-corrected chi connectivity index (χ4v) is 4.09. The van der Waals surface area contributed by atoms with Crippen LogP contribution in [0.4, 0.5) is 4.79 Å². The monoisotopic (exact) mass is 279 g/mol. The lowest BCUT2D eigenvalue weighted by Crippen LogP contribution is -2.51. The van der Waals surface area contributed by atoms with Gasteiger partial charge in [0.15, 0.2) is 0 Å². The molecule has 0 aromatic heterocycles. The first kappa shape index (κ1) is 13.9. The van der Waals surface area contributed by atoms with Crippen molar-refractivity contribution >= 4 is 11.9 Å². The largest absolute Gasteiger partial charge is 0.444 e. The van der Waals surface area contributed by atoms with E-state index in [1.165, 1.54) is 0 Å². The van der Waals surface area contributed by atoms with E-state index in [4.69, 9.17) is 4.74 Å². The number of piperidine rings is 1. The van der Waals surface area contributed by atoms with Gasteiger partial charge in [-0.1, -0.05) is 0 Å². The first-order valence-electron chi connectivity index (χ1n) is 7.89. The minimum Gasteiger partial charge on any atom is -0.444 e. The zero-order chi connectivity index (χ0) is 14.5. The first-order valence-corrected chi connectivity index (χ1v) is 7.89. The Kier molecular flexibility index (Phi) is 3.30. The topological polar surface area (TPSA) is 46.6 Å². The van der Waals surface area contributed by atoms with Crippen molar-refractivity contribution in [2.45, 2.75) is 77.0 Å². The van der Waals surface area contributed by atoms with Crippen LogP contribution < -0.4 is 0 Å². The summed E-state index contributed by atoms with van der Waals surface area (Å²) in [5.41, 5.74) is -0.433. The van der Waals surface area contributed by atoms with Gasteiger partial charge in [-0.05, 0) is 58.8 Å². The smallest absolute Gasteiger partial charge is 0.410 e. The third-order valence-electron chi connectivity index (χ3n) is 5.06. The molecule has 0 aromatic carbocycles. The molecule has 1 saturated carbocycles. The van der Waals surface area contributed by atoms with E-state index in [1.807, 2.05) is 25.7 Å². The Morgan fingerprint density at radius 2 is 1.75 bits per heavy atom. The van der Waals surface area contributed by atoms with Gasteiger partial charge >= 0.3 is 6.09 Å². The molecule has 4 nitrogen and oxygen atoms in total. The maximum absolute atomic E-state index is 12.3. The van der Waals surface area contributed by atoms with Crippen LogP contribution in [0.25, 0.3) is 0 Å². The van der Waals surface area contributed by atoms with Crippen LogP contribution in [0.15, 0.2) is 0 Å². The second-order valence-electron chi connectivity index (χ2n) is 7.62. The Labute approximate surface area is 120 Å². The van der Waals surface area contributed by atoms with Crippen molar-refractivity contribution in [3.05, 3.63) is 0 Å². The molecule has 3 fully saturated rings. The van der Waals surface area contributed by atoms with E-state index < -0.39 is 5.60 Å². The summed E-state index contributed by atoms with van der Waals surface area (Å²) in [6, 6.07) is 0.587. The minimum absolute atomic E-state index is 0.164. The third kappa shape index (κ3) is 2.45. The van der Waals surface area contributed by atoms with E-state index in [9.17, 15) is 9.59 Å². The average molecular weight is 279 g/mol. The lowest BCUT2D eigenvalue weighted by atomic mass is 9.69. The molecule has 0 aromatic rings. The second-order valence-corrected chi connectivity index (χ2v) is 7.62. The maximum atomic E-state index is 12.3. The van der Waals surface area contributed by atoms with E-state index >= 15 is 0 Å². The molecule has 3 unspecified atom stereocenters. The molecule has 0 radical (unpaired) electrons. The van der Waals surface area contributed by atoms with Crippen LogP contribution in [-0.2, 0) is 9.53 Å². The molecule has 0 N–H and O–H groups in total. The Bertz CT molecular complexity index is 412. The molecule has 112 valence electrons. The van der Waals surface area contributed by atoms with Gasteiger partial charge in [-0.25, -0.2) is 4.79 Å². The molecule has 20 heavy (non-hydrogen) atoms. The molecule has 1 aliphatic carbocycles. The number of hydrogen-bond acceptors (Lipinski definition) is 3. The van der Waals surface area contributed by atoms with E-state index in [0.29, 0.717) is 29.7 Å². The molecule has 4 heteroatoms. The number of ketones is 1. The first-order chi connectivity index (χ1) is 9.35. The Morgan fingerprint density at radius 3 is 2.15 bits per heavy atom. The number of ether oxygens (including phenoxy) is 1. The van der Waals surface area contributed by atoms with Gasteiger partial charge in [0, 0.05) is 24.4 Å². The van der Waals surface area contributed by atoms with Crippen molar-refractivity contribution < 1.29 is 14.3 Å². The van der Waals surface area contributed by atoms with Crippen LogP contribution in [-0.4, -0.2) is 34.5 Å². The van der Waals surface area contributed by atoms with Crippen LogP contribution in [0.5, 0.6) is 0 Å². The zero-order valence-electron chi connectivity index (χ0n) is 12.7. The summed E-state index contributed by atoms with van der Waals surface area (Å²) in [6.45, 7) is 5.73. The standard InChI is InChI=1S/C16H25NO3/c1-16(2,3)20-15(19)17-11-4-5-12(17)9-10(8-11)13-6-7-14(13)18/h10-13H,4-9H2,1-3H3. The van der Waals surface area contributed by atoms with Crippen molar-refractivity contribution in [1.82, 2.24) is 4.90 Å². The van der Waals surface area contributed by atoms with Gasteiger partial charge in [-0.3, -0.25) is 4.79 Å². The molecule has 2 bridgehead atoms. The summed E-state index contributed by atoms with van der Waals surface area (Å²) in [5.74, 6) is 1.24. The highest BCUT2D eigenvalue weighted by atomic mass is 16.6. The predicted molar refractivity (Wildman–Crippen MR) is 75.3 cm³/mol. The Morgan fingerprint density at radius 1 is 1.15 bits per heavy atom. The van der Waals surface area contributed by atoms with Crippen LogP contribution in [0.3, 0.4) is 0 Å². The van der Waals surface area contributed by atoms with Gasteiger partial charge in [0.1, 0.15) is 11.4 Å². The normalized spacial score (nSPS) is 36.8. The van der Waals surface area contributed by atoms with E-state index in [0.717, 1.165) is 38.5 Å². The molecule has 3 aliphatic rings. The molecule has 2 heterocycles. The van der Waals surface area contributed by atoms with Crippen molar-refractivity contribution in [1.29, 1.82) is 0 Å². The molecular formula is C16H25NO3. The average Bonchev–Trinajstić information content (AvgIpc) is 2.57. The second kappa shape index (κ2) is 4.74. The molecular weight excluding hydrogens is 254 g/mol. The summed E-state index contributed by atoms with van der Waals surface area (Å²) >= 11 is 0. The van der Waals surface area contributed by atoms with Crippen LogP contribution in [0.1, 0.15) is 59.3 Å². The highest BCUT2D eigenvalue weighted by molar-refractivity contribution is 5.86. The summed E-state index contributed by atoms with van der Waals surface area (Å²) in [5, 5.41) is 0. The van der Waals surface area contributed by atoms with E-state index in [-0.39, 0.29) is 6.09 Å².